The van der Waals surface area contributed by atoms with Crippen molar-refractivity contribution in [3.05, 3.63) is 24.3 Å². The molecule has 1 atom stereocenters. The Kier molecular flexibility index (Phi) is 4.83. The fourth-order valence-corrected chi connectivity index (χ4v) is 2.52. The second-order valence-corrected chi connectivity index (χ2v) is 5.51. The lowest BCUT2D eigenvalue weighted by atomic mass is 10.3. The number of amides is 1. The number of carbonyl (C=O) groups excluding carboxylic acids is 1. The number of benzene rings is 1. The van der Waals surface area contributed by atoms with Crippen LogP contribution in [0.1, 0.15) is 13.8 Å². The molecule has 0 saturated heterocycles. The summed E-state index contributed by atoms with van der Waals surface area (Å²) in [6.07, 6.45) is 0. The standard InChI is InChI=1S/C11H17N3O3S/c1-3-13-18(16,17)10-7-5-4-6-9(10)14-11(15)8(2)12/h4-8,13H,3,12H2,1-2H3,(H,14,15)/t8-/m0/s1. The molecule has 0 spiro atoms. The van der Waals surface area contributed by atoms with Crippen LogP contribution in [-0.4, -0.2) is 26.9 Å². The Morgan fingerprint density at radius 3 is 2.56 bits per heavy atom. The number of para-hydroxylation sites is 1. The summed E-state index contributed by atoms with van der Waals surface area (Å²) in [5.74, 6) is -0.436. The van der Waals surface area contributed by atoms with E-state index in [2.05, 4.69) is 10.0 Å². The fraction of sp³-hybridized carbons (Fsp3) is 0.364. The SMILES string of the molecule is CCNS(=O)(=O)c1ccccc1NC(=O)[C@H](C)N. The van der Waals surface area contributed by atoms with Crippen LogP contribution in [0.2, 0.25) is 0 Å². The lowest BCUT2D eigenvalue weighted by Crippen LogP contribution is -2.33. The summed E-state index contributed by atoms with van der Waals surface area (Å²) in [6.45, 7) is 3.48. The van der Waals surface area contributed by atoms with E-state index >= 15 is 0 Å². The highest BCUT2D eigenvalue weighted by Gasteiger charge is 2.19. The second kappa shape index (κ2) is 5.94. The van der Waals surface area contributed by atoms with Crippen LogP contribution in [0.3, 0.4) is 0 Å². The quantitative estimate of drug-likeness (QED) is 0.715. The summed E-state index contributed by atoms with van der Waals surface area (Å²) >= 11 is 0. The van der Waals surface area contributed by atoms with E-state index < -0.39 is 22.0 Å². The Hall–Kier alpha value is -1.44. The van der Waals surface area contributed by atoms with Crippen molar-refractivity contribution in [3.8, 4) is 0 Å². The number of rotatable bonds is 5. The summed E-state index contributed by atoms with van der Waals surface area (Å²) < 4.78 is 26.2. The van der Waals surface area contributed by atoms with Crippen molar-refractivity contribution in [2.75, 3.05) is 11.9 Å². The van der Waals surface area contributed by atoms with E-state index in [1.807, 2.05) is 0 Å². The third kappa shape index (κ3) is 3.52. The Balaban J connectivity index is 3.11. The van der Waals surface area contributed by atoms with Gasteiger partial charge in [0.1, 0.15) is 4.90 Å². The number of carbonyl (C=O) groups is 1. The molecule has 1 rings (SSSR count). The second-order valence-electron chi connectivity index (χ2n) is 3.78. The molecule has 1 aromatic carbocycles. The number of anilines is 1. The zero-order valence-electron chi connectivity index (χ0n) is 10.3. The Labute approximate surface area is 107 Å². The molecule has 0 radical (unpaired) electrons. The van der Waals surface area contributed by atoms with Gasteiger partial charge < -0.3 is 11.1 Å². The molecule has 0 aromatic heterocycles. The van der Waals surface area contributed by atoms with Crippen LogP contribution in [0.25, 0.3) is 0 Å². The van der Waals surface area contributed by atoms with E-state index in [0.29, 0.717) is 0 Å². The average Bonchev–Trinajstić information content (AvgIpc) is 2.29. The zero-order chi connectivity index (χ0) is 13.8. The van der Waals surface area contributed by atoms with E-state index in [1.165, 1.54) is 19.1 Å². The lowest BCUT2D eigenvalue weighted by molar-refractivity contribution is -0.117. The molecular formula is C11H17N3O3S. The highest BCUT2D eigenvalue weighted by molar-refractivity contribution is 7.89. The third-order valence-corrected chi connectivity index (χ3v) is 3.79. The zero-order valence-corrected chi connectivity index (χ0v) is 11.1. The van der Waals surface area contributed by atoms with Crippen LogP contribution in [0.5, 0.6) is 0 Å². The minimum absolute atomic E-state index is 0.0286. The highest BCUT2D eigenvalue weighted by atomic mass is 32.2. The summed E-state index contributed by atoms with van der Waals surface area (Å²) in [4.78, 5) is 11.5. The smallest absolute Gasteiger partial charge is 0.242 e. The van der Waals surface area contributed by atoms with E-state index in [4.69, 9.17) is 5.73 Å². The fourth-order valence-electron chi connectivity index (χ4n) is 1.32. The summed E-state index contributed by atoms with van der Waals surface area (Å²) in [5.41, 5.74) is 5.65. The molecule has 0 fully saturated rings. The molecule has 0 aliphatic rings. The van der Waals surface area contributed by atoms with Gasteiger partial charge in [-0.2, -0.15) is 0 Å². The minimum Gasteiger partial charge on any atom is -0.324 e. The maximum Gasteiger partial charge on any atom is 0.242 e. The van der Waals surface area contributed by atoms with Gasteiger partial charge in [0.25, 0.3) is 0 Å². The minimum atomic E-state index is -3.62. The van der Waals surface area contributed by atoms with Crippen LogP contribution in [0.4, 0.5) is 5.69 Å². The summed E-state index contributed by atoms with van der Waals surface area (Å²) in [6, 6.07) is 5.46. The first-order chi connectivity index (χ1) is 8.38. The molecule has 0 heterocycles. The van der Waals surface area contributed by atoms with E-state index in [0.717, 1.165) is 0 Å². The molecule has 0 aliphatic heterocycles. The van der Waals surface area contributed by atoms with Gasteiger partial charge in [0.2, 0.25) is 15.9 Å². The van der Waals surface area contributed by atoms with Gasteiger partial charge in [0.05, 0.1) is 11.7 Å². The van der Waals surface area contributed by atoms with E-state index in [1.54, 1.807) is 19.1 Å². The largest absolute Gasteiger partial charge is 0.324 e. The monoisotopic (exact) mass is 271 g/mol. The molecule has 7 heteroatoms. The van der Waals surface area contributed by atoms with Crippen LogP contribution in [0.15, 0.2) is 29.2 Å². The van der Waals surface area contributed by atoms with Crippen molar-refractivity contribution in [1.29, 1.82) is 0 Å². The van der Waals surface area contributed by atoms with Gasteiger partial charge in [-0.25, -0.2) is 13.1 Å². The molecule has 4 N–H and O–H groups in total. The molecule has 0 aliphatic carbocycles. The van der Waals surface area contributed by atoms with Gasteiger partial charge >= 0.3 is 0 Å². The van der Waals surface area contributed by atoms with Gasteiger partial charge in [-0.1, -0.05) is 19.1 Å². The predicted octanol–water partition coefficient (Wildman–Crippen LogP) is 0.271. The molecular weight excluding hydrogens is 254 g/mol. The van der Waals surface area contributed by atoms with Crippen molar-refractivity contribution < 1.29 is 13.2 Å². The van der Waals surface area contributed by atoms with E-state index in [-0.39, 0.29) is 17.1 Å². The maximum atomic E-state index is 11.9. The van der Waals surface area contributed by atoms with Crippen molar-refractivity contribution >= 4 is 21.6 Å². The Morgan fingerprint density at radius 2 is 2.00 bits per heavy atom. The normalized spacial score (nSPS) is 13.1. The number of nitrogens with one attached hydrogen (secondary N) is 2. The molecule has 18 heavy (non-hydrogen) atoms. The number of hydrogen-bond acceptors (Lipinski definition) is 4. The van der Waals surface area contributed by atoms with Crippen molar-refractivity contribution in [2.24, 2.45) is 5.73 Å². The predicted molar refractivity (Wildman–Crippen MR) is 69.6 cm³/mol. The topological polar surface area (TPSA) is 101 Å². The van der Waals surface area contributed by atoms with Crippen LogP contribution < -0.4 is 15.8 Å². The molecule has 6 nitrogen and oxygen atoms in total. The molecule has 1 aromatic rings. The Bertz CT molecular complexity index is 526. The molecule has 0 unspecified atom stereocenters. The number of hydrogen-bond donors (Lipinski definition) is 3. The summed E-state index contributed by atoms with van der Waals surface area (Å²) in [7, 11) is -3.62. The van der Waals surface area contributed by atoms with Gasteiger partial charge in [-0.05, 0) is 19.1 Å². The highest BCUT2D eigenvalue weighted by Crippen LogP contribution is 2.20. The summed E-state index contributed by atoms with van der Waals surface area (Å²) in [5, 5.41) is 2.49. The third-order valence-electron chi connectivity index (χ3n) is 2.18. The lowest BCUT2D eigenvalue weighted by Gasteiger charge is -2.12. The molecule has 0 bridgehead atoms. The van der Waals surface area contributed by atoms with Gasteiger partial charge in [-0.15, -0.1) is 0 Å². The molecule has 0 saturated carbocycles. The van der Waals surface area contributed by atoms with Gasteiger partial charge in [0.15, 0.2) is 0 Å². The first kappa shape index (κ1) is 14.6. The van der Waals surface area contributed by atoms with Gasteiger partial charge in [0, 0.05) is 6.54 Å². The Morgan fingerprint density at radius 1 is 1.39 bits per heavy atom. The average molecular weight is 271 g/mol. The molecule has 100 valence electrons. The van der Waals surface area contributed by atoms with Crippen molar-refractivity contribution in [2.45, 2.75) is 24.8 Å². The maximum absolute atomic E-state index is 11.9. The molecule has 1 amide bonds. The number of sulfonamides is 1. The van der Waals surface area contributed by atoms with Crippen LogP contribution in [-0.2, 0) is 14.8 Å². The van der Waals surface area contributed by atoms with E-state index in [9.17, 15) is 13.2 Å². The van der Waals surface area contributed by atoms with Crippen LogP contribution in [0, 0.1) is 0 Å². The number of nitrogens with two attached hydrogens (primary N) is 1. The first-order valence-electron chi connectivity index (χ1n) is 5.53. The van der Waals surface area contributed by atoms with Crippen molar-refractivity contribution in [3.63, 3.8) is 0 Å². The van der Waals surface area contributed by atoms with Gasteiger partial charge in [-0.3, -0.25) is 4.79 Å². The first-order valence-corrected chi connectivity index (χ1v) is 7.02. The van der Waals surface area contributed by atoms with Crippen molar-refractivity contribution in [1.82, 2.24) is 4.72 Å². The van der Waals surface area contributed by atoms with Crippen LogP contribution >= 0.6 is 0 Å².